The van der Waals surface area contributed by atoms with Gasteiger partial charge in [-0.15, -0.1) is 0 Å². The van der Waals surface area contributed by atoms with Crippen LogP contribution in [0.2, 0.25) is 0 Å². The second-order valence-corrected chi connectivity index (χ2v) is 3.60. The molecule has 17 heavy (non-hydrogen) atoms. The number of nitrogens with two attached hydrogens (primary N) is 2. The molecule has 0 bridgehead atoms. The molecule has 6 heteroatoms. The summed E-state index contributed by atoms with van der Waals surface area (Å²) < 4.78 is 14.2. The standard InChI is InChI=1S/C11H11FN4O/c12-7-1-3-8(4-2-7)16-6-9(13)10(15-16)5-11(14)17/h1-4,6H,5,13H2,(H2,14,17). The maximum absolute atomic E-state index is 12.7. The van der Waals surface area contributed by atoms with Gasteiger partial charge in [0.05, 0.1) is 29.7 Å². The zero-order valence-corrected chi connectivity index (χ0v) is 8.93. The van der Waals surface area contributed by atoms with Crippen LogP contribution in [0.4, 0.5) is 10.1 Å². The fourth-order valence-electron chi connectivity index (χ4n) is 1.45. The number of carbonyl (C=O) groups excluding carboxylic acids is 1. The van der Waals surface area contributed by atoms with E-state index in [2.05, 4.69) is 5.10 Å². The highest BCUT2D eigenvalue weighted by molar-refractivity contribution is 5.77. The lowest BCUT2D eigenvalue weighted by Crippen LogP contribution is -2.15. The summed E-state index contributed by atoms with van der Waals surface area (Å²) in [4.78, 5) is 10.8. The molecule has 0 radical (unpaired) electrons. The Morgan fingerprint density at radius 3 is 2.59 bits per heavy atom. The Hall–Kier alpha value is -2.37. The van der Waals surface area contributed by atoms with E-state index < -0.39 is 5.91 Å². The summed E-state index contributed by atoms with van der Waals surface area (Å²) in [6.45, 7) is 0. The lowest BCUT2D eigenvalue weighted by Gasteiger charge is -1.99. The van der Waals surface area contributed by atoms with Gasteiger partial charge in [-0.3, -0.25) is 4.79 Å². The molecular weight excluding hydrogens is 223 g/mol. The first-order valence-corrected chi connectivity index (χ1v) is 4.94. The third-order valence-electron chi connectivity index (χ3n) is 2.26. The van der Waals surface area contributed by atoms with Crippen molar-refractivity contribution in [2.75, 3.05) is 5.73 Å². The van der Waals surface area contributed by atoms with Crippen LogP contribution in [0.3, 0.4) is 0 Å². The maximum atomic E-state index is 12.7. The van der Waals surface area contributed by atoms with Crippen LogP contribution < -0.4 is 11.5 Å². The Morgan fingerprint density at radius 2 is 2.00 bits per heavy atom. The van der Waals surface area contributed by atoms with Gasteiger partial charge in [0.2, 0.25) is 5.91 Å². The molecule has 2 rings (SSSR count). The fourth-order valence-corrected chi connectivity index (χ4v) is 1.45. The highest BCUT2D eigenvalue weighted by Gasteiger charge is 2.09. The fraction of sp³-hybridized carbons (Fsp3) is 0.0909. The number of anilines is 1. The van der Waals surface area contributed by atoms with Crippen molar-refractivity contribution in [2.45, 2.75) is 6.42 Å². The van der Waals surface area contributed by atoms with Gasteiger partial charge in [-0.2, -0.15) is 5.10 Å². The van der Waals surface area contributed by atoms with E-state index in [-0.39, 0.29) is 12.2 Å². The Bertz CT molecular complexity index is 547. The van der Waals surface area contributed by atoms with Crippen LogP contribution in [0.25, 0.3) is 5.69 Å². The maximum Gasteiger partial charge on any atom is 0.223 e. The highest BCUT2D eigenvalue weighted by atomic mass is 19.1. The topological polar surface area (TPSA) is 86.9 Å². The summed E-state index contributed by atoms with van der Waals surface area (Å²) in [5.74, 6) is -0.827. The summed E-state index contributed by atoms with van der Waals surface area (Å²) in [6.07, 6.45) is 1.55. The van der Waals surface area contributed by atoms with E-state index >= 15 is 0 Å². The van der Waals surface area contributed by atoms with E-state index in [1.807, 2.05) is 0 Å². The summed E-state index contributed by atoms with van der Waals surface area (Å²) in [5, 5.41) is 4.12. The van der Waals surface area contributed by atoms with E-state index in [9.17, 15) is 9.18 Å². The predicted molar refractivity (Wildman–Crippen MR) is 60.8 cm³/mol. The predicted octanol–water partition coefficient (Wildman–Crippen LogP) is 0.621. The number of hydrogen-bond donors (Lipinski definition) is 2. The van der Waals surface area contributed by atoms with E-state index in [0.29, 0.717) is 17.1 Å². The molecule has 1 amide bonds. The van der Waals surface area contributed by atoms with E-state index in [1.165, 1.54) is 16.8 Å². The molecule has 1 heterocycles. The van der Waals surface area contributed by atoms with Gasteiger partial charge in [-0.1, -0.05) is 0 Å². The molecule has 0 saturated carbocycles. The van der Waals surface area contributed by atoms with Gasteiger partial charge in [0.25, 0.3) is 0 Å². The van der Waals surface area contributed by atoms with Crippen LogP contribution in [0.1, 0.15) is 5.69 Å². The molecule has 0 aliphatic rings. The molecule has 0 spiro atoms. The number of nitrogen functional groups attached to an aromatic ring is 1. The van der Waals surface area contributed by atoms with Gasteiger partial charge >= 0.3 is 0 Å². The van der Waals surface area contributed by atoms with Crippen molar-refractivity contribution in [3.63, 3.8) is 0 Å². The lowest BCUT2D eigenvalue weighted by atomic mass is 10.3. The van der Waals surface area contributed by atoms with Gasteiger partial charge in [-0.25, -0.2) is 9.07 Å². The number of benzene rings is 1. The van der Waals surface area contributed by atoms with E-state index in [4.69, 9.17) is 11.5 Å². The van der Waals surface area contributed by atoms with Crippen molar-refractivity contribution in [3.8, 4) is 5.69 Å². The second-order valence-electron chi connectivity index (χ2n) is 3.60. The van der Waals surface area contributed by atoms with Crippen molar-refractivity contribution in [1.29, 1.82) is 0 Å². The molecule has 5 nitrogen and oxygen atoms in total. The Kier molecular flexibility index (Phi) is 2.78. The van der Waals surface area contributed by atoms with Crippen molar-refractivity contribution >= 4 is 11.6 Å². The van der Waals surface area contributed by atoms with Crippen LogP contribution in [0, 0.1) is 5.82 Å². The molecule has 0 atom stereocenters. The Labute approximate surface area is 96.8 Å². The zero-order valence-electron chi connectivity index (χ0n) is 8.93. The largest absolute Gasteiger partial charge is 0.396 e. The number of aromatic nitrogens is 2. The van der Waals surface area contributed by atoms with Crippen molar-refractivity contribution in [1.82, 2.24) is 9.78 Å². The average Bonchev–Trinajstić information content (AvgIpc) is 2.60. The SMILES string of the molecule is NC(=O)Cc1nn(-c2ccc(F)cc2)cc1N. The molecule has 0 unspecified atom stereocenters. The monoisotopic (exact) mass is 234 g/mol. The van der Waals surface area contributed by atoms with Gasteiger partial charge in [-0.05, 0) is 24.3 Å². The first-order valence-electron chi connectivity index (χ1n) is 4.94. The molecule has 0 fully saturated rings. The molecule has 0 saturated heterocycles. The number of nitrogens with zero attached hydrogens (tertiary/aromatic N) is 2. The minimum atomic E-state index is -0.499. The number of halogens is 1. The smallest absolute Gasteiger partial charge is 0.223 e. The minimum Gasteiger partial charge on any atom is -0.396 e. The molecule has 88 valence electrons. The Balaban J connectivity index is 2.34. The van der Waals surface area contributed by atoms with Gasteiger partial charge < -0.3 is 11.5 Å². The number of rotatable bonds is 3. The third kappa shape index (κ3) is 2.41. The molecule has 1 aromatic carbocycles. The van der Waals surface area contributed by atoms with Gasteiger partial charge in [0.15, 0.2) is 0 Å². The second kappa shape index (κ2) is 4.25. The number of amides is 1. The van der Waals surface area contributed by atoms with Crippen molar-refractivity contribution < 1.29 is 9.18 Å². The van der Waals surface area contributed by atoms with Crippen LogP contribution in [0.5, 0.6) is 0 Å². The van der Waals surface area contributed by atoms with Gasteiger partial charge in [0, 0.05) is 0 Å². The molecule has 4 N–H and O–H groups in total. The van der Waals surface area contributed by atoms with E-state index in [0.717, 1.165) is 0 Å². The van der Waals surface area contributed by atoms with Crippen molar-refractivity contribution in [3.05, 3.63) is 42.0 Å². The molecule has 1 aromatic heterocycles. The summed E-state index contributed by atoms with van der Waals surface area (Å²) in [5.41, 5.74) is 12.2. The number of hydrogen-bond acceptors (Lipinski definition) is 3. The highest BCUT2D eigenvalue weighted by Crippen LogP contribution is 2.14. The number of carbonyl (C=O) groups is 1. The molecular formula is C11H11FN4O. The van der Waals surface area contributed by atoms with Crippen LogP contribution >= 0.6 is 0 Å². The molecule has 0 aliphatic heterocycles. The molecule has 0 aliphatic carbocycles. The quantitative estimate of drug-likeness (QED) is 0.816. The van der Waals surface area contributed by atoms with Crippen LogP contribution in [-0.4, -0.2) is 15.7 Å². The lowest BCUT2D eigenvalue weighted by molar-refractivity contribution is -0.117. The van der Waals surface area contributed by atoms with Crippen molar-refractivity contribution in [2.24, 2.45) is 5.73 Å². The van der Waals surface area contributed by atoms with Gasteiger partial charge in [0.1, 0.15) is 5.82 Å². The summed E-state index contributed by atoms with van der Waals surface area (Å²) in [7, 11) is 0. The van der Waals surface area contributed by atoms with E-state index in [1.54, 1.807) is 18.3 Å². The summed E-state index contributed by atoms with van der Waals surface area (Å²) >= 11 is 0. The van der Waals surface area contributed by atoms with Crippen LogP contribution in [0.15, 0.2) is 30.5 Å². The zero-order chi connectivity index (χ0) is 12.4. The average molecular weight is 234 g/mol. The third-order valence-corrected chi connectivity index (χ3v) is 2.26. The molecule has 2 aromatic rings. The van der Waals surface area contributed by atoms with Crippen LogP contribution in [-0.2, 0) is 11.2 Å². The Morgan fingerprint density at radius 1 is 1.35 bits per heavy atom. The minimum absolute atomic E-state index is 0.0139. The first kappa shape index (κ1) is 11.1. The normalized spacial score (nSPS) is 10.4. The summed E-state index contributed by atoms with van der Waals surface area (Å²) in [6, 6.07) is 5.77. The number of primary amides is 1. The first-order chi connectivity index (χ1) is 8.06.